The average molecular weight is 381 g/mol. The van der Waals surface area contributed by atoms with Crippen LogP contribution in [0.5, 0.6) is 5.75 Å². The molecule has 0 aliphatic rings. The number of carbonyl (C=O) groups excluding carboxylic acids is 2. The van der Waals surface area contributed by atoms with Crippen molar-refractivity contribution in [2.45, 2.75) is 26.4 Å². The molecule has 27 heavy (non-hydrogen) atoms. The molecule has 144 valence electrons. The summed E-state index contributed by atoms with van der Waals surface area (Å²) >= 11 is 0. The maximum atomic E-state index is 13.6. The van der Waals surface area contributed by atoms with E-state index in [0.29, 0.717) is 18.4 Å². The molecule has 2 rings (SSSR count). The van der Waals surface area contributed by atoms with Crippen LogP contribution in [0.15, 0.2) is 36.4 Å². The lowest BCUT2D eigenvalue weighted by Gasteiger charge is -2.14. The third-order valence-electron chi connectivity index (χ3n) is 3.51. The largest absolute Gasteiger partial charge is 0.494 e. The molecule has 1 atom stereocenters. The van der Waals surface area contributed by atoms with Crippen molar-refractivity contribution < 1.29 is 32.2 Å². The van der Waals surface area contributed by atoms with Gasteiger partial charge in [0.1, 0.15) is 5.75 Å². The van der Waals surface area contributed by atoms with Gasteiger partial charge in [0.05, 0.1) is 17.9 Å². The van der Waals surface area contributed by atoms with Gasteiger partial charge in [0, 0.05) is 0 Å². The number of nitrogens with one attached hydrogen (secondary N) is 1. The highest BCUT2D eigenvalue weighted by molar-refractivity contribution is 5.97. The van der Waals surface area contributed by atoms with Crippen LogP contribution in [0.25, 0.3) is 0 Å². The van der Waals surface area contributed by atoms with E-state index < -0.39 is 41.1 Å². The van der Waals surface area contributed by atoms with Gasteiger partial charge in [-0.2, -0.15) is 0 Å². The van der Waals surface area contributed by atoms with Crippen LogP contribution in [0.1, 0.15) is 30.6 Å². The van der Waals surface area contributed by atoms with Crippen molar-refractivity contribution in [3.05, 3.63) is 59.4 Å². The predicted molar refractivity (Wildman–Crippen MR) is 92.1 cm³/mol. The lowest BCUT2D eigenvalue weighted by Crippen LogP contribution is -2.30. The van der Waals surface area contributed by atoms with Gasteiger partial charge in [-0.3, -0.25) is 4.79 Å². The van der Waals surface area contributed by atoms with Crippen LogP contribution in [0.3, 0.4) is 0 Å². The second-order valence-corrected chi connectivity index (χ2v) is 5.63. The Bertz CT molecular complexity index is 824. The Kier molecular flexibility index (Phi) is 6.81. The third kappa shape index (κ3) is 5.22. The Morgan fingerprint density at radius 3 is 2.33 bits per heavy atom. The van der Waals surface area contributed by atoms with Crippen LogP contribution in [0.4, 0.5) is 18.9 Å². The van der Waals surface area contributed by atoms with Gasteiger partial charge in [-0.1, -0.05) is 6.92 Å². The van der Waals surface area contributed by atoms with Gasteiger partial charge in [0.2, 0.25) is 0 Å². The summed E-state index contributed by atoms with van der Waals surface area (Å²) in [6, 6.07) is 7.68. The number of halogens is 3. The number of amides is 1. The second kappa shape index (κ2) is 9.07. The molecule has 0 aromatic heterocycles. The molecule has 0 bridgehead atoms. The highest BCUT2D eigenvalue weighted by atomic mass is 19.2. The maximum absolute atomic E-state index is 13.6. The average Bonchev–Trinajstić information content (AvgIpc) is 2.67. The molecule has 0 fully saturated rings. The van der Waals surface area contributed by atoms with Crippen LogP contribution in [-0.2, 0) is 9.53 Å². The molecular formula is C19H18F3NO4. The molecule has 8 heteroatoms. The van der Waals surface area contributed by atoms with Gasteiger partial charge < -0.3 is 14.8 Å². The first-order valence-corrected chi connectivity index (χ1v) is 8.21. The van der Waals surface area contributed by atoms with E-state index in [0.717, 1.165) is 12.5 Å². The Balaban J connectivity index is 1.97. The van der Waals surface area contributed by atoms with E-state index in [9.17, 15) is 22.8 Å². The molecule has 0 aliphatic carbocycles. The molecule has 2 aromatic carbocycles. The van der Waals surface area contributed by atoms with Gasteiger partial charge in [-0.15, -0.1) is 0 Å². The molecule has 5 nitrogen and oxygen atoms in total. The molecule has 0 heterocycles. The first-order chi connectivity index (χ1) is 12.8. The maximum Gasteiger partial charge on any atom is 0.338 e. The molecule has 0 unspecified atom stereocenters. The van der Waals surface area contributed by atoms with Crippen molar-refractivity contribution in [2.24, 2.45) is 0 Å². The van der Waals surface area contributed by atoms with Crippen LogP contribution >= 0.6 is 0 Å². The lowest BCUT2D eigenvalue weighted by molar-refractivity contribution is -0.123. The van der Waals surface area contributed by atoms with E-state index in [1.807, 2.05) is 12.2 Å². The number of ether oxygens (including phenoxy) is 2. The predicted octanol–water partition coefficient (Wildman–Crippen LogP) is 4.08. The van der Waals surface area contributed by atoms with Crippen molar-refractivity contribution in [3.63, 3.8) is 0 Å². The van der Waals surface area contributed by atoms with Crippen molar-refractivity contribution in [1.29, 1.82) is 0 Å². The Morgan fingerprint density at radius 1 is 1.04 bits per heavy atom. The van der Waals surface area contributed by atoms with E-state index in [1.54, 1.807) is 12.1 Å². The Hall–Kier alpha value is -3.03. The summed E-state index contributed by atoms with van der Waals surface area (Å²) in [5, 5.41) is 2.05. The molecule has 2 aromatic rings. The van der Waals surface area contributed by atoms with Crippen molar-refractivity contribution >= 4 is 17.6 Å². The molecule has 0 spiro atoms. The van der Waals surface area contributed by atoms with Gasteiger partial charge >= 0.3 is 5.97 Å². The zero-order chi connectivity index (χ0) is 20.0. The zero-order valence-corrected chi connectivity index (χ0v) is 14.7. The Labute approximate surface area is 154 Å². The fourth-order valence-electron chi connectivity index (χ4n) is 2.05. The van der Waals surface area contributed by atoms with Crippen LogP contribution < -0.4 is 10.1 Å². The topological polar surface area (TPSA) is 64.6 Å². The van der Waals surface area contributed by atoms with E-state index in [1.165, 1.54) is 19.1 Å². The SMILES string of the molecule is CCCOc1ccc(C(=O)O[C@@H](C)C(=O)Nc2ccc(F)c(F)c2F)cc1. The zero-order valence-electron chi connectivity index (χ0n) is 14.7. The van der Waals surface area contributed by atoms with Gasteiger partial charge in [-0.25, -0.2) is 18.0 Å². The van der Waals surface area contributed by atoms with Crippen LogP contribution in [0, 0.1) is 17.5 Å². The summed E-state index contributed by atoms with van der Waals surface area (Å²) in [5.74, 6) is -5.70. The molecule has 1 N–H and O–H groups in total. The molecular weight excluding hydrogens is 363 g/mol. The summed E-state index contributed by atoms with van der Waals surface area (Å²) < 4.78 is 50.1. The molecule has 0 saturated heterocycles. The number of hydrogen-bond donors (Lipinski definition) is 1. The van der Waals surface area contributed by atoms with E-state index in [4.69, 9.17) is 9.47 Å². The monoisotopic (exact) mass is 381 g/mol. The summed E-state index contributed by atoms with van der Waals surface area (Å²) in [7, 11) is 0. The Morgan fingerprint density at radius 2 is 1.70 bits per heavy atom. The summed E-state index contributed by atoms with van der Waals surface area (Å²) in [4.78, 5) is 24.1. The molecule has 0 saturated carbocycles. The molecule has 1 amide bonds. The number of benzene rings is 2. The first-order valence-electron chi connectivity index (χ1n) is 8.21. The number of hydrogen-bond acceptors (Lipinski definition) is 4. The van der Waals surface area contributed by atoms with E-state index in [-0.39, 0.29) is 5.56 Å². The van der Waals surface area contributed by atoms with Crippen LogP contribution in [0.2, 0.25) is 0 Å². The summed E-state index contributed by atoms with van der Waals surface area (Å²) in [5.41, 5.74) is -0.364. The highest BCUT2D eigenvalue weighted by Gasteiger charge is 2.22. The molecule has 0 aliphatic heterocycles. The number of anilines is 1. The fourth-order valence-corrected chi connectivity index (χ4v) is 2.05. The summed E-state index contributed by atoms with van der Waals surface area (Å²) in [6.07, 6.45) is -0.448. The third-order valence-corrected chi connectivity index (χ3v) is 3.51. The van der Waals surface area contributed by atoms with Crippen LogP contribution in [-0.4, -0.2) is 24.6 Å². The number of esters is 1. The van der Waals surface area contributed by atoms with Crippen molar-refractivity contribution in [1.82, 2.24) is 0 Å². The van der Waals surface area contributed by atoms with Gasteiger partial charge in [0.25, 0.3) is 5.91 Å². The van der Waals surface area contributed by atoms with Gasteiger partial charge in [0.15, 0.2) is 23.6 Å². The normalized spacial score (nSPS) is 11.6. The van der Waals surface area contributed by atoms with E-state index >= 15 is 0 Å². The minimum Gasteiger partial charge on any atom is -0.494 e. The van der Waals surface area contributed by atoms with Gasteiger partial charge in [-0.05, 0) is 49.7 Å². The molecule has 0 radical (unpaired) electrons. The van der Waals surface area contributed by atoms with Crippen molar-refractivity contribution in [2.75, 3.05) is 11.9 Å². The summed E-state index contributed by atoms with van der Waals surface area (Å²) in [6.45, 7) is 3.77. The smallest absolute Gasteiger partial charge is 0.338 e. The van der Waals surface area contributed by atoms with E-state index in [2.05, 4.69) is 0 Å². The quantitative estimate of drug-likeness (QED) is 0.580. The first kappa shape index (κ1) is 20.3. The van der Waals surface area contributed by atoms with Crippen molar-refractivity contribution in [3.8, 4) is 5.75 Å². The number of rotatable bonds is 7. The fraction of sp³-hybridized carbons (Fsp3) is 0.263. The number of carbonyl (C=O) groups is 2. The minimum atomic E-state index is -1.71. The second-order valence-electron chi connectivity index (χ2n) is 5.63. The highest BCUT2D eigenvalue weighted by Crippen LogP contribution is 2.20. The standard InChI is InChI=1S/C19H18F3NO4/c1-3-10-26-13-6-4-12(5-7-13)19(25)27-11(2)18(24)23-15-9-8-14(20)16(21)17(15)22/h4-9,11H,3,10H2,1-2H3,(H,23,24)/t11-/m0/s1. The lowest BCUT2D eigenvalue weighted by atomic mass is 10.2. The minimum absolute atomic E-state index is 0.192.